The van der Waals surface area contributed by atoms with Crippen molar-refractivity contribution < 1.29 is 9.18 Å². The molecule has 1 aliphatic rings. The van der Waals surface area contributed by atoms with Crippen LogP contribution < -0.4 is 22.2 Å². The number of hydrogen-bond acceptors (Lipinski definition) is 8. The fraction of sp³-hybridized carbons (Fsp3) is 0.345. The van der Waals surface area contributed by atoms with Crippen molar-refractivity contribution in [2.24, 2.45) is 17.0 Å². The number of carbonyl (C=O) groups excluding carboxylic acids is 1. The molecule has 0 aliphatic heterocycles. The molecule has 0 amide bonds. The van der Waals surface area contributed by atoms with Crippen LogP contribution in [0.2, 0.25) is 0 Å². The summed E-state index contributed by atoms with van der Waals surface area (Å²) in [6.45, 7) is 8.36. The van der Waals surface area contributed by atoms with E-state index in [1.54, 1.807) is 29.4 Å². The van der Waals surface area contributed by atoms with Gasteiger partial charge in [-0.15, -0.1) is 0 Å². The number of ketones is 1. The molecule has 1 aliphatic carbocycles. The summed E-state index contributed by atoms with van der Waals surface area (Å²) < 4.78 is 13.7. The molecular formula is C29H34FN7O. The number of rotatable bonds is 9. The zero-order chi connectivity index (χ0) is 27.6. The molecule has 1 saturated carbocycles. The van der Waals surface area contributed by atoms with Gasteiger partial charge in [0.1, 0.15) is 11.9 Å². The number of nitrogens with zero attached hydrogens (tertiary/aromatic N) is 3. The Hall–Kier alpha value is -4.16. The first kappa shape index (κ1) is 26.9. The second kappa shape index (κ2) is 10.7. The van der Waals surface area contributed by atoms with Gasteiger partial charge in [-0.3, -0.25) is 9.78 Å². The second-order valence-corrected chi connectivity index (χ2v) is 11.0. The fourth-order valence-electron chi connectivity index (χ4n) is 4.19. The van der Waals surface area contributed by atoms with Crippen molar-refractivity contribution in [2.45, 2.75) is 52.6 Å². The number of nitrogens with one attached hydrogen (secondary N) is 2. The third kappa shape index (κ3) is 6.21. The molecule has 0 saturated heterocycles. The summed E-state index contributed by atoms with van der Waals surface area (Å²) in [5, 5.41) is 18.9. The van der Waals surface area contributed by atoms with Crippen LogP contribution in [-0.4, -0.2) is 28.4 Å². The van der Waals surface area contributed by atoms with Crippen molar-refractivity contribution in [2.75, 3.05) is 17.2 Å². The zero-order valence-corrected chi connectivity index (χ0v) is 22.2. The molecule has 0 bridgehead atoms. The summed E-state index contributed by atoms with van der Waals surface area (Å²) in [5.74, 6) is 5.65. The fourth-order valence-corrected chi connectivity index (χ4v) is 4.19. The van der Waals surface area contributed by atoms with Crippen LogP contribution in [0, 0.1) is 22.6 Å². The van der Waals surface area contributed by atoms with Gasteiger partial charge in [-0.05, 0) is 55.0 Å². The highest BCUT2D eigenvalue weighted by Crippen LogP contribution is 2.34. The Morgan fingerprint density at radius 1 is 1.29 bits per heavy atom. The number of halogens is 1. The summed E-state index contributed by atoms with van der Waals surface area (Å²) in [6.07, 6.45) is 5.18. The maximum atomic E-state index is 13.7. The van der Waals surface area contributed by atoms with Crippen LogP contribution in [0.4, 0.5) is 15.8 Å². The first-order valence-corrected chi connectivity index (χ1v) is 12.6. The molecule has 1 heterocycles. The topological polar surface area (TPSA) is 133 Å². The summed E-state index contributed by atoms with van der Waals surface area (Å²) >= 11 is 0. The van der Waals surface area contributed by atoms with Gasteiger partial charge < -0.3 is 21.4 Å². The molecule has 1 aromatic heterocycles. The lowest BCUT2D eigenvalue weighted by molar-refractivity contribution is 0.101. The Bertz CT molecular complexity index is 1420. The van der Waals surface area contributed by atoms with Crippen LogP contribution in [0.5, 0.6) is 0 Å². The van der Waals surface area contributed by atoms with Gasteiger partial charge in [0.25, 0.3) is 0 Å². The largest absolute Gasteiger partial charge is 0.399 e. The predicted molar refractivity (Wildman–Crippen MR) is 148 cm³/mol. The van der Waals surface area contributed by atoms with E-state index in [-0.39, 0.29) is 23.1 Å². The highest BCUT2D eigenvalue weighted by atomic mass is 19.1. The minimum Gasteiger partial charge on any atom is -0.399 e. The molecule has 0 radical (unpaired) electrons. The van der Waals surface area contributed by atoms with E-state index in [0.717, 1.165) is 18.4 Å². The van der Waals surface area contributed by atoms with E-state index in [2.05, 4.69) is 42.5 Å². The number of benzene rings is 2. The number of Topliss-reactive ketones (excluding diaryl/α,β-unsaturated/α-hetero) is 1. The number of pyridine rings is 1. The van der Waals surface area contributed by atoms with E-state index in [1.807, 2.05) is 6.07 Å². The van der Waals surface area contributed by atoms with Crippen LogP contribution in [0.3, 0.4) is 0 Å². The smallest absolute Gasteiger partial charge is 0.162 e. The lowest BCUT2D eigenvalue weighted by Gasteiger charge is -2.25. The molecule has 8 nitrogen and oxygen atoms in total. The minimum atomic E-state index is -0.559. The summed E-state index contributed by atoms with van der Waals surface area (Å²) in [7, 11) is 0. The van der Waals surface area contributed by atoms with Gasteiger partial charge in [-0.2, -0.15) is 5.26 Å². The van der Waals surface area contributed by atoms with Crippen molar-refractivity contribution >= 4 is 28.1 Å². The van der Waals surface area contributed by atoms with E-state index < -0.39 is 6.04 Å². The SMILES string of the molecule is CC(=O)c1cc(NC(/C(N)=C/N(N)C2CC2)c2ccc(F)cc2)cc2c(NCC(C)(C)C)c(C#N)cnc12. The van der Waals surface area contributed by atoms with E-state index in [1.165, 1.54) is 25.3 Å². The van der Waals surface area contributed by atoms with Crippen molar-refractivity contribution in [3.05, 3.63) is 77.0 Å². The Morgan fingerprint density at radius 2 is 1.97 bits per heavy atom. The lowest BCUT2D eigenvalue weighted by atomic mass is 9.96. The molecule has 9 heteroatoms. The molecule has 2 aromatic carbocycles. The third-order valence-corrected chi connectivity index (χ3v) is 6.38. The number of nitrogens with two attached hydrogens (primary N) is 2. The number of fused-ring (bicyclic) bond motifs is 1. The van der Waals surface area contributed by atoms with Gasteiger partial charge in [0.2, 0.25) is 0 Å². The van der Waals surface area contributed by atoms with Gasteiger partial charge in [-0.25, -0.2) is 10.2 Å². The normalized spacial score (nSPS) is 14.6. The number of carbonyl (C=O) groups is 1. The highest BCUT2D eigenvalue weighted by molar-refractivity contribution is 6.10. The summed E-state index contributed by atoms with van der Waals surface area (Å²) in [5.41, 5.74) is 10.1. The van der Waals surface area contributed by atoms with Crippen LogP contribution in [0.15, 0.2) is 54.5 Å². The number of anilines is 2. The molecule has 4 rings (SSSR count). The third-order valence-electron chi connectivity index (χ3n) is 6.38. The van der Waals surface area contributed by atoms with E-state index >= 15 is 0 Å². The van der Waals surface area contributed by atoms with Gasteiger partial charge in [0, 0.05) is 41.6 Å². The molecule has 1 unspecified atom stereocenters. The monoisotopic (exact) mass is 515 g/mol. The molecule has 3 aromatic rings. The van der Waals surface area contributed by atoms with Crippen LogP contribution >= 0.6 is 0 Å². The van der Waals surface area contributed by atoms with Crippen molar-refractivity contribution in [3.63, 3.8) is 0 Å². The maximum Gasteiger partial charge on any atom is 0.162 e. The second-order valence-electron chi connectivity index (χ2n) is 11.0. The zero-order valence-electron chi connectivity index (χ0n) is 22.2. The van der Waals surface area contributed by atoms with Crippen molar-refractivity contribution in [1.29, 1.82) is 5.26 Å². The van der Waals surface area contributed by atoms with E-state index in [9.17, 15) is 14.4 Å². The first-order chi connectivity index (χ1) is 18.0. The van der Waals surface area contributed by atoms with E-state index in [4.69, 9.17) is 11.6 Å². The van der Waals surface area contributed by atoms with Crippen LogP contribution in [0.25, 0.3) is 10.9 Å². The Kier molecular flexibility index (Phi) is 7.56. The number of hydrazine groups is 1. The predicted octanol–water partition coefficient (Wildman–Crippen LogP) is 5.20. The van der Waals surface area contributed by atoms with Crippen molar-refractivity contribution in [1.82, 2.24) is 9.99 Å². The number of hydrogen-bond donors (Lipinski definition) is 4. The molecular weight excluding hydrogens is 481 g/mol. The van der Waals surface area contributed by atoms with Gasteiger partial charge >= 0.3 is 0 Å². The quantitative estimate of drug-likeness (QED) is 0.174. The Labute approximate surface area is 222 Å². The van der Waals surface area contributed by atoms with Gasteiger partial charge in [0.05, 0.1) is 28.5 Å². The number of aromatic nitrogens is 1. The van der Waals surface area contributed by atoms with Crippen molar-refractivity contribution in [3.8, 4) is 6.07 Å². The average molecular weight is 516 g/mol. The summed E-state index contributed by atoms with van der Waals surface area (Å²) in [4.78, 5) is 17.2. The lowest BCUT2D eigenvalue weighted by Crippen LogP contribution is -2.30. The highest BCUT2D eigenvalue weighted by Gasteiger charge is 2.27. The first-order valence-electron chi connectivity index (χ1n) is 12.6. The van der Waals surface area contributed by atoms with Crippen LogP contribution in [-0.2, 0) is 0 Å². The van der Waals surface area contributed by atoms with Gasteiger partial charge in [-0.1, -0.05) is 32.9 Å². The maximum absolute atomic E-state index is 13.7. The molecule has 6 N–H and O–H groups in total. The van der Waals surface area contributed by atoms with Gasteiger partial charge in [0.15, 0.2) is 5.78 Å². The molecule has 198 valence electrons. The standard InChI is InChI=1S/C29H34FN7O/c1-17(38)23-11-21(12-24-26(35-16-29(2,3)4)19(13-31)14-34-28(23)24)36-27(18-5-7-20(30)8-6-18)25(32)15-37(33)22-9-10-22/h5-8,11-12,14-15,22,27,36H,9-10,16,32-33H2,1-4H3,(H,34,35)/b25-15-. The van der Waals surface area contributed by atoms with Crippen LogP contribution in [0.1, 0.15) is 68.1 Å². The molecule has 38 heavy (non-hydrogen) atoms. The minimum absolute atomic E-state index is 0.0514. The molecule has 0 spiro atoms. The molecule has 1 fully saturated rings. The van der Waals surface area contributed by atoms with E-state index in [0.29, 0.717) is 45.6 Å². The summed E-state index contributed by atoms with van der Waals surface area (Å²) in [6, 6.07) is 11.5. The molecule has 1 atom stereocenters. The Morgan fingerprint density at radius 3 is 2.55 bits per heavy atom. The average Bonchev–Trinajstić information content (AvgIpc) is 3.71. The Balaban J connectivity index is 1.84. The number of nitriles is 1.